The first-order chi connectivity index (χ1) is 10.8. The molecule has 2 heterocycles. The van der Waals surface area contributed by atoms with Crippen LogP contribution in [0.25, 0.3) is 0 Å². The zero-order chi connectivity index (χ0) is 17.2. The molecule has 0 saturated carbocycles. The summed E-state index contributed by atoms with van der Waals surface area (Å²) >= 11 is 3.02. The van der Waals surface area contributed by atoms with Crippen molar-refractivity contribution in [2.75, 3.05) is 20.8 Å². The number of nitrogens with one attached hydrogen (secondary N) is 1. The maximum absolute atomic E-state index is 11.9. The molecule has 12 heteroatoms. The second-order valence-electron chi connectivity index (χ2n) is 4.74. The Hall–Kier alpha value is -0.810. The van der Waals surface area contributed by atoms with E-state index in [4.69, 9.17) is 14.0 Å². The minimum absolute atomic E-state index is 0.0575. The molecule has 1 saturated heterocycles. The number of methoxy groups -OCH3 is 1. The number of ether oxygens (including phenoxy) is 2. The Labute approximate surface area is 139 Å². The molecule has 2 rings (SSSR count). The first-order valence-electron chi connectivity index (χ1n) is 6.48. The highest BCUT2D eigenvalue weighted by Crippen LogP contribution is 2.43. The lowest BCUT2D eigenvalue weighted by Crippen LogP contribution is -2.32. The molecular weight excluding hydrogens is 399 g/mol. The molecule has 0 bridgehead atoms. The lowest BCUT2D eigenvalue weighted by molar-refractivity contribution is -0.229. The minimum Gasteiger partial charge on any atom is -0.756 e. The van der Waals surface area contributed by atoms with Crippen LogP contribution in [0.3, 0.4) is 0 Å². The lowest BCUT2D eigenvalue weighted by atomic mass is 10.2. The number of aromatic amines is 1. The number of hydrogen-bond acceptors (Lipinski definition) is 8. The number of H-pyrrole nitrogens is 1. The van der Waals surface area contributed by atoms with E-state index in [0.717, 1.165) is 11.7 Å². The Kier molecular flexibility index (Phi) is 5.95. The fourth-order valence-corrected chi connectivity index (χ4v) is 3.14. The van der Waals surface area contributed by atoms with Gasteiger partial charge >= 0.3 is 5.69 Å². The van der Waals surface area contributed by atoms with Gasteiger partial charge in [0.15, 0.2) is 0 Å². The van der Waals surface area contributed by atoms with Gasteiger partial charge < -0.3 is 23.4 Å². The van der Waals surface area contributed by atoms with Crippen LogP contribution in [0.1, 0.15) is 12.6 Å². The van der Waals surface area contributed by atoms with Crippen LogP contribution in [-0.4, -0.2) is 42.6 Å². The molecule has 1 aromatic rings. The SMILES string of the molecule is COC[C@H]1O[C@@H](n2cc(Br)c(=O)[nH]c2=O)CC1OP(=O)([O-])OC. The predicted molar refractivity (Wildman–Crippen MR) is 78.9 cm³/mol. The molecule has 0 radical (unpaired) electrons. The van der Waals surface area contributed by atoms with Crippen LogP contribution in [0.4, 0.5) is 0 Å². The molecule has 0 aromatic carbocycles. The zero-order valence-electron chi connectivity index (χ0n) is 12.3. The van der Waals surface area contributed by atoms with Crippen molar-refractivity contribution in [1.29, 1.82) is 0 Å². The molecule has 1 fully saturated rings. The van der Waals surface area contributed by atoms with E-state index in [1.165, 1.54) is 13.3 Å². The molecule has 4 atom stereocenters. The third-order valence-electron chi connectivity index (χ3n) is 3.23. The molecule has 2 unspecified atom stereocenters. The van der Waals surface area contributed by atoms with Crippen LogP contribution in [0.15, 0.2) is 20.3 Å². The lowest BCUT2D eigenvalue weighted by Gasteiger charge is -2.26. The summed E-state index contributed by atoms with van der Waals surface area (Å²) in [5.74, 6) is 0. The molecule has 1 aromatic heterocycles. The summed E-state index contributed by atoms with van der Waals surface area (Å²) in [6.45, 7) is 0.0597. The minimum atomic E-state index is -4.47. The van der Waals surface area contributed by atoms with Gasteiger partial charge in [-0.05, 0) is 15.9 Å². The van der Waals surface area contributed by atoms with Crippen LogP contribution >= 0.6 is 23.8 Å². The number of halogens is 1. The van der Waals surface area contributed by atoms with Gasteiger partial charge in [0.2, 0.25) is 0 Å². The molecule has 10 nitrogen and oxygen atoms in total. The normalized spacial score (nSPS) is 27.0. The maximum Gasteiger partial charge on any atom is 0.330 e. The van der Waals surface area contributed by atoms with Crippen LogP contribution in [0, 0.1) is 0 Å². The molecule has 0 amide bonds. The standard InChI is InChI=1S/C11H16BrN2O8P/c1-19-5-8-7(22-23(17,18)20-2)3-9(21-8)14-4-6(12)10(15)13-11(14)16/h4,7-9H,3,5H2,1-2H3,(H,17,18)(H,13,15,16)/p-1/t7?,8-,9-/m1/s1. The molecule has 1 N–H and O–H groups in total. The highest BCUT2D eigenvalue weighted by atomic mass is 79.9. The van der Waals surface area contributed by atoms with Crippen LogP contribution in [0.5, 0.6) is 0 Å². The third-order valence-corrected chi connectivity index (χ3v) is 4.78. The van der Waals surface area contributed by atoms with E-state index in [2.05, 4.69) is 25.4 Å². The Morgan fingerprint density at radius 3 is 2.83 bits per heavy atom. The number of hydrogen-bond donors (Lipinski definition) is 1. The molecule has 0 aliphatic carbocycles. The fraction of sp³-hybridized carbons (Fsp3) is 0.636. The van der Waals surface area contributed by atoms with Crippen molar-refractivity contribution in [1.82, 2.24) is 9.55 Å². The van der Waals surface area contributed by atoms with E-state index in [9.17, 15) is 19.0 Å². The van der Waals surface area contributed by atoms with E-state index in [1.54, 1.807) is 0 Å². The molecule has 23 heavy (non-hydrogen) atoms. The van der Waals surface area contributed by atoms with Crippen molar-refractivity contribution in [3.8, 4) is 0 Å². The molecule has 0 spiro atoms. The van der Waals surface area contributed by atoms with E-state index >= 15 is 0 Å². The van der Waals surface area contributed by atoms with Gasteiger partial charge in [-0.2, -0.15) is 0 Å². The topological polar surface area (TPSA) is 132 Å². The van der Waals surface area contributed by atoms with E-state index < -0.39 is 37.5 Å². The highest BCUT2D eigenvalue weighted by molar-refractivity contribution is 9.10. The number of rotatable bonds is 6. The third kappa shape index (κ3) is 4.38. The quantitative estimate of drug-likeness (QED) is 0.630. The Bertz CT molecular complexity index is 719. The van der Waals surface area contributed by atoms with Crippen LogP contribution in [-0.2, 0) is 23.1 Å². The number of phosphoric ester groups is 1. The summed E-state index contributed by atoms with van der Waals surface area (Å²) in [5, 5.41) is 0. The van der Waals surface area contributed by atoms with Gasteiger partial charge in [-0.1, -0.05) is 0 Å². The Morgan fingerprint density at radius 2 is 2.22 bits per heavy atom. The second-order valence-corrected chi connectivity index (χ2v) is 7.06. The van der Waals surface area contributed by atoms with Crippen molar-refractivity contribution in [3.63, 3.8) is 0 Å². The average Bonchev–Trinajstić information content (AvgIpc) is 2.85. The van der Waals surface area contributed by atoms with Gasteiger partial charge in [-0.15, -0.1) is 0 Å². The van der Waals surface area contributed by atoms with Gasteiger partial charge in [0.25, 0.3) is 13.4 Å². The van der Waals surface area contributed by atoms with Crippen LogP contribution < -0.4 is 16.1 Å². The predicted octanol–water partition coefficient (Wildman–Crippen LogP) is -0.267. The summed E-state index contributed by atoms with van der Waals surface area (Å²) in [6, 6.07) is 0. The summed E-state index contributed by atoms with van der Waals surface area (Å²) in [6.07, 6.45) is -1.11. The van der Waals surface area contributed by atoms with Gasteiger partial charge in [-0.3, -0.25) is 18.9 Å². The number of aromatic nitrogens is 2. The van der Waals surface area contributed by atoms with Crippen molar-refractivity contribution in [2.45, 2.75) is 24.9 Å². The van der Waals surface area contributed by atoms with E-state index in [1.807, 2.05) is 0 Å². The van der Waals surface area contributed by atoms with Gasteiger partial charge in [0.1, 0.15) is 12.3 Å². The smallest absolute Gasteiger partial charge is 0.330 e. The van der Waals surface area contributed by atoms with E-state index in [-0.39, 0.29) is 17.5 Å². The highest BCUT2D eigenvalue weighted by Gasteiger charge is 2.39. The van der Waals surface area contributed by atoms with Gasteiger partial charge in [-0.25, -0.2) is 4.79 Å². The zero-order valence-corrected chi connectivity index (χ0v) is 14.7. The van der Waals surface area contributed by atoms with Crippen molar-refractivity contribution in [2.24, 2.45) is 0 Å². The Morgan fingerprint density at radius 1 is 1.52 bits per heavy atom. The average molecular weight is 414 g/mol. The Balaban J connectivity index is 2.26. The summed E-state index contributed by atoms with van der Waals surface area (Å²) in [7, 11) is -2.07. The van der Waals surface area contributed by atoms with Crippen molar-refractivity contribution in [3.05, 3.63) is 31.5 Å². The summed E-state index contributed by atoms with van der Waals surface area (Å²) in [5.41, 5.74) is -1.26. The van der Waals surface area contributed by atoms with Gasteiger partial charge in [0.05, 0.1) is 17.2 Å². The number of phosphoric acid groups is 1. The summed E-state index contributed by atoms with van der Waals surface area (Å²) in [4.78, 5) is 36.8. The molecular formula is C11H15BrN2O8P-. The maximum atomic E-state index is 11.9. The monoisotopic (exact) mass is 413 g/mol. The van der Waals surface area contributed by atoms with Crippen LogP contribution in [0.2, 0.25) is 0 Å². The van der Waals surface area contributed by atoms with E-state index in [0.29, 0.717) is 0 Å². The van der Waals surface area contributed by atoms with Crippen molar-refractivity contribution >= 4 is 23.8 Å². The first kappa shape index (κ1) is 18.5. The second kappa shape index (κ2) is 7.39. The van der Waals surface area contributed by atoms with Gasteiger partial charge in [0, 0.05) is 26.8 Å². The largest absolute Gasteiger partial charge is 0.756 e. The first-order valence-corrected chi connectivity index (χ1v) is 8.73. The molecule has 130 valence electrons. The molecule has 1 aliphatic heterocycles. The summed E-state index contributed by atoms with van der Waals surface area (Å²) < 4.78 is 32.6. The number of nitrogens with zero attached hydrogens (tertiary/aromatic N) is 1. The fourth-order valence-electron chi connectivity index (χ4n) is 2.18. The molecule has 1 aliphatic rings. The van der Waals surface area contributed by atoms with Crippen molar-refractivity contribution < 1.29 is 28.0 Å².